The first-order chi connectivity index (χ1) is 13.1. The van der Waals surface area contributed by atoms with Crippen LogP contribution in [-0.2, 0) is 9.68 Å². The number of nitrogens with two attached hydrogens (primary N) is 2. The molecule has 1 aromatic carbocycles. The number of pyridine rings is 1. The second-order valence-corrected chi connectivity index (χ2v) is 6.39. The van der Waals surface area contributed by atoms with Gasteiger partial charge in [-0.3, -0.25) is 4.98 Å². The monoisotopic (exact) mass is 382 g/mol. The molecule has 4 N–H and O–H groups in total. The van der Waals surface area contributed by atoms with Gasteiger partial charge in [0.05, 0.1) is 4.88 Å². The SMILES string of the molecule is CO/N=C(\N)c1ccc(-c2cnc(-c3ccc(/C(N)=N/OC)nc3)s2)cc1. The Morgan fingerprint density at radius 2 is 1.52 bits per heavy atom. The third-order valence-corrected chi connectivity index (χ3v) is 4.72. The molecular formula is C18H18N6O2S. The van der Waals surface area contributed by atoms with E-state index in [0.29, 0.717) is 11.5 Å². The van der Waals surface area contributed by atoms with Gasteiger partial charge >= 0.3 is 0 Å². The van der Waals surface area contributed by atoms with E-state index >= 15 is 0 Å². The van der Waals surface area contributed by atoms with E-state index in [0.717, 1.165) is 26.6 Å². The van der Waals surface area contributed by atoms with E-state index in [4.69, 9.17) is 11.5 Å². The lowest BCUT2D eigenvalue weighted by Crippen LogP contribution is -2.15. The van der Waals surface area contributed by atoms with E-state index in [1.54, 1.807) is 23.6 Å². The molecule has 0 radical (unpaired) electrons. The Morgan fingerprint density at radius 1 is 0.852 bits per heavy atom. The molecule has 0 spiro atoms. The van der Waals surface area contributed by atoms with Crippen molar-refractivity contribution in [3.05, 3.63) is 60.0 Å². The third-order valence-electron chi connectivity index (χ3n) is 3.62. The second-order valence-electron chi connectivity index (χ2n) is 5.36. The Morgan fingerprint density at radius 3 is 2.15 bits per heavy atom. The maximum absolute atomic E-state index is 5.81. The zero-order valence-electron chi connectivity index (χ0n) is 14.8. The molecule has 2 heterocycles. The topological polar surface area (TPSA) is 121 Å². The molecule has 0 aliphatic rings. The summed E-state index contributed by atoms with van der Waals surface area (Å²) in [6.45, 7) is 0. The van der Waals surface area contributed by atoms with E-state index in [2.05, 4.69) is 30.0 Å². The summed E-state index contributed by atoms with van der Waals surface area (Å²) >= 11 is 1.56. The van der Waals surface area contributed by atoms with Gasteiger partial charge in [-0.05, 0) is 17.7 Å². The van der Waals surface area contributed by atoms with E-state index in [9.17, 15) is 0 Å². The van der Waals surface area contributed by atoms with Crippen LogP contribution in [0.15, 0.2) is 59.1 Å². The number of aromatic nitrogens is 2. The number of rotatable bonds is 6. The van der Waals surface area contributed by atoms with Crippen LogP contribution in [0.3, 0.4) is 0 Å². The van der Waals surface area contributed by atoms with E-state index in [1.807, 2.05) is 36.5 Å². The number of thiazole rings is 1. The number of hydrogen-bond acceptors (Lipinski definition) is 7. The molecule has 0 atom stereocenters. The molecular weight excluding hydrogens is 364 g/mol. The Kier molecular flexibility index (Phi) is 5.62. The van der Waals surface area contributed by atoms with Gasteiger partial charge in [-0.1, -0.05) is 34.6 Å². The first kappa shape index (κ1) is 18.3. The fraction of sp³-hybridized carbons (Fsp3) is 0.111. The Bertz CT molecular complexity index is 886. The van der Waals surface area contributed by atoms with Gasteiger partial charge in [0.2, 0.25) is 0 Å². The Labute approximate surface area is 160 Å². The highest BCUT2D eigenvalue weighted by Gasteiger charge is 2.09. The lowest BCUT2D eigenvalue weighted by atomic mass is 10.1. The maximum Gasteiger partial charge on any atom is 0.188 e. The molecule has 9 heteroatoms. The minimum Gasteiger partial charge on any atom is -0.397 e. The van der Waals surface area contributed by atoms with Crippen molar-refractivity contribution >= 4 is 23.0 Å². The molecule has 0 aliphatic heterocycles. The molecule has 0 aliphatic carbocycles. The van der Waals surface area contributed by atoms with Gasteiger partial charge in [-0.15, -0.1) is 11.3 Å². The van der Waals surface area contributed by atoms with Crippen LogP contribution >= 0.6 is 11.3 Å². The van der Waals surface area contributed by atoms with Crippen LogP contribution in [-0.4, -0.2) is 35.9 Å². The van der Waals surface area contributed by atoms with Gasteiger partial charge in [0.1, 0.15) is 24.9 Å². The molecule has 2 aromatic heterocycles. The molecule has 0 saturated carbocycles. The molecule has 0 fully saturated rings. The highest BCUT2D eigenvalue weighted by molar-refractivity contribution is 7.18. The molecule has 138 valence electrons. The molecule has 0 saturated heterocycles. The summed E-state index contributed by atoms with van der Waals surface area (Å²) in [6, 6.07) is 11.4. The van der Waals surface area contributed by atoms with Crippen molar-refractivity contribution in [3.63, 3.8) is 0 Å². The maximum atomic E-state index is 5.81. The lowest BCUT2D eigenvalue weighted by Gasteiger charge is -2.02. The predicted molar refractivity (Wildman–Crippen MR) is 106 cm³/mol. The van der Waals surface area contributed by atoms with Crippen molar-refractivity contribution in [1.29, 1.82) is 0 Å². The Hall–Kier alpha value is -3.46. The fourth-order valence-corrected chi connectivity index (χ4v) is 3.23. The standard InChI is InChI=1S/C18H18N6O2S/c1-25-23-16(19)12-5-3-11(4-6-12)15-10-22-18(27-15)13-7-8-14(21-9-13)17(20)24-26-2/h3-10H,1-2H3,(H2,19,23)(H2,20,24). The fourth-order valence-electron chi connectivity index (χ4n) is 2.31. The Balaban J connectivity index is 1.80. The summed E-state index contributed by atoms with van der Waals surface area (Å²) < 4.78 is 0. The number of hydrogen-bond donors (Lipinski definition) is 2. The highest BCUT2D eigenvalue weighted by Crippen LogP contribution is 2.31. The number of oxime groups is 2. The highest BCUT2D eigenvalue weighted by atomic mass is 32.1. The second kappa shape index (κ2) is 8.28. The minimum absolute atomic E-state index is 0.222. The van der Waals surface area contributed by atoms with Gasteiger partial charge in [-0.25, -0.2) is 4.98 Å². The molecule has 0 bridgehead atoms. The summed E-state index contributed by atoms with van der Waals surface area (Å²) in [5.74, 6) is 0.553. The van der Waals surface area contributed by atoms with Gasteiger partial charge < -0.3 is 21.1 Å². The zero-order valence-corrected chi connectivity index (χ0v) is 15.6. The van der Waals surface area contributed by atoms with Crippen molar-refractivity contribution in [2.75, 3.05) is 14.2 Å². The smallest absolute Gasteiger partial charge is 0.188 e. The number of benzene rings is 1. The van der Waals surface area contributed by atoms with Crippen molar-refractivity contribution in [2.45, 2.75) is 0 Å². The quantitative estimate of drug-likeness (QED) is 0.384. The van der Waals surface area contributed by atoms with Crippen LogP contribution in [0.5, 0.6) is 0 Å². The molecule has 0 amide bonds. The summed E-state index contributed by atoms with van der Waals surface area (Å²) in [4.78, 5) is 19.2. The normalized spacial score (nSPS) is 12.1. The molecule has 27 heavy (non-hydrogen) atoms. The van der Waals surface area contributed by atoms with Crippen LogP contribution in [0.25, 0.3) is 21.0 Å². The van der Waals surface area contributed by atoms with Gasteiger partial charge in [0.15, 0.2) is 11.7 Å². The van der Waals surface area contributed by atoms with Crippen LogP contribution < -0.4 is 11.5 Å². The third kappa shape index (κ3) is 4.21. The molecule has 3 rings (SSSR count). The summed E-state index contributed by atoms with van der Waals surface area (Å²) in [5.41, 5.74) is 14.8. The minimum atomic E-state index is 0.222. The van der Waals surface area contributed by atoms with E-state index in [-0.39, 0.29) is 5.84 Å². The van der Waals surface area contributed by atoms with Crippen molar-refractivity contribution in [1.82, 2.24) is 9.97 Å². The predicted octanol–water partition coefficient (Wildman–Crippen LogP) is 2.41. The molecule has 8 nitrogen and oxygen atoms in total. The van der Waals surface area contributed by atoms with E-state index in [1.165, 1.54) is 14.2 Å². The largest absolute Gasteiger partial charge is 0.397 e. The first-order valence-electron chi connectivity index (χ1n) is 7.89. The number of amidine groups is 2. The summed E-state index contributed by atoms with van der Waals surface area (Å²) in [7, 11) is 2.89. The van der Waals surface area contributed by atoms with Gasteiger partial charge in [-0.2, -0.15) is 0 Å². The van der Waals surface area contributed by atoms with Crippen molar-refractivity contribution in [3.8, 4) is 21.0 Å². The van der Waals surface area contributed by atoms with Gasteiger partial charge in [0, 0.05) is 23.5 Å². The number of nitrogens with zero attached hydrogens (tertiary/aromatic N) is 4. The van der Waals surface area contributed by atoms with Crippen LogP contribution in [0.1, 0.15) is 11.3 Å². The average molecular weight is 382 g/mol. The average Bonchev–Trinajstić information content (AvgIpc) is 3.19. The summed E-state index contributed by atoms with van der Waals surface area (Å²) in [5, 5.41) is 8.25. The molecule has 0 unspecified atom stereocenters. The van der Waals surface area contributed by atoms with Gasteiger partial charge in [0.25, 0.3) is 0 Å². The van der Waals surface area contributed by atoms with Crippen LogP contribution in [0, 0.1) is 0 Å². The first-order valence-corrected chi connectivity index (χ1v) is 8.70. The van der Waals surface area contributed by atoms with E-state index < -0.39 is 0 Å². The van der Waals surface area contributed by atoms with Crippen LogP contribution in [0.4, 0.5) is 0 Å². The van der Waals surface area contributed by atoms with Crippen molar-refractivity contribution < 1.29 is 9.68 Å². The zero-order chi connectivity index (χ0) is 19.2. The summed E-state index contributed by atoms with van der Waals surface area (Å²) in [6.07, 6.45) is 3.54. The van der Waals surface area contributed by atoms with Crippen LogP contribution in [0.2, 0.25) is 0 Å². The lowest BCUT2D eigenvalue weighted by molar-refractivity contribution is 0.213. The van der Waals surface area contributed by atoms with Crippen molar-refractivity contribution in [2.24, 2.45) is 21.8 Å². The molecule has 3 aromatic rings.